The number of alkyl carbamates (subject to hydrolysis) is 1. The molecule has 3 N–H and O–H groups in total. The van der Waals surface area contributed by atoms with Gasteiger partial charge in [0.05, 0.1) is 0 Å². The summed E-state index contributed by atoms with van der Waals surface area (Å²) in [5.41, 5.74) is 1.60. The molecule has 1 atom stereocenters. The minimum atomic E-state index is -0.964. The van der Waals surface area contributed by atoms with Crippen molar-refractivity contribution < 1.29 is 19.4 Å². The number of benzene rings is 2. The minimum absolute atomic E-state index is 0.285. The van der Waals surface area contributed by atoms with Crippen LogP contribution in [0, 0.1) is 0 Å². The van der Waals surface area contributed by atoms with Crippen molar-refractivity contribution in [3.63, 3.8) is 0 Å². The van der Waals surface area contributed by atoms with Gasteiger partial charge in [-0.2, -0.15) is 0 Å². The Hall–Kier alpha value is -3.02. The summed E-state index contributed by atoms with van der Waals surface area (Å²) in [4.78, 5) is 23.3. The Morgan fingerprint density at radius 2 is 1.77 bits per heavy atom. The van der Waals surface area contributed by atoms with Gasteiger partial charge in [0, 0.05) is 12.2 Å². The predicted molar refractivity (Wildman–Crippen MR) is 100.0 cm³/mol. The summed E-state index contributed by atoms with van der Waals surface area (Å²) in [5, 5.41) is 15.2. The highest BCUT2D eigenvalue weighted by Crippen LogP contribution is 2.21. The second-order valence-corrected chi connectivity index (χ2v) is 6.88. The Labute approximate surface area is 153 Å². The predicted octanol–water partition coefficient (Wildman–Crippen LogP) is 3.95. The summed E-state index contributed by atoms with van der Waals surface area (Å²) in [6.45, 7) is 5.68. The molecule has 2 aromatic carbocycles. The molecule has 0 aromatic heterocycles. The number of carboxylic acids is 1. The SMILES string of the molecule is CC(C)(C)OC(=O)NCc1cccc(NC(C(=O)O)c2ccccc2)c1. The molecule has 2 rings (SSSR count). The molecule has 0 radical (unpaired) electrons. The molecule has 0 saturated heterocycles. The largest absolute Gasteiger partial charge is 0.479 e. The molecule has 0 bridgehead atoms. The van der Waals surface area contributed by atoms with Gasteiger partial charge in [-0.3, -0.25) is 0 Å². The van der Waals surface area contributed by atoms with E-state index in [1.165, 1.54) is 0 Å². The van der Waals surface area contributed by atoms with Crippen LogP contribution in [0.1, 0.15) is 37.9 Å². The van der Waals surface area contributed by atoms with Gasteiger partial charge in [0.2, 0.25) is 0 Å². The van der Waals surface area contributed by atoms with Crippen molar-refractivity contribution >= 4 is 17.7 Å². The summed E-state index contributed by atoms with van der Waals surface area (Å²) < 4.78 is 5.20. The first-order chi connectivity index (χ1) is 12.2. The fourth-order valence-electron chi connectivity index (χ4n) is 2.36. The van der Waals surface area contributed by atoms with E-state index in [2.05, 4.69) is 10.6 Å². The van der Waals surface area contributed by atoms with Crippen molar-refractivity contribution in [3.05, 3.63) is 65.7 Å². The lowest BCUT2D eigenvalue weighted by Crippen LogP contribution is -2.32. The third-order valence-electron chi connectivity index (χ3n) is 3.45. The number of hydrogen-bond donors (Lipinski definition) is 3. The zero-order valence-corrected chi connectivity index (χ0v) is 15.2. The van der Waals surface area contributed by atoms with Gasteiger partial charge < -0.3 is 20.5 Å². The first-order valence-corrected chi connectivity index (χ1v) is 8.35. The van der Waals surface area contributed by atoms with Gasteiger partial charge in [0.25, 0.3) is 0 Å². The normalized spacial score (nSPS) is 12.1. The van der Waals surface area contributed by atoms with Crippen molar-refractivity contribution in [1.29, 1.82) is 0 Å². The van der Waals surface area contributed by atoms with E-state index in [0.717, 1.165) is 5.56 Å². The van der Waals surface area contributed by atoms with E-state index in [9.17, 15) is 14.7 Å². The van der Waals surface area contributed by atoms with Crippen LogP contribution in [0.25, 0.3) is 0 Å². The van der Waals surface area contributed by atoms with Crippen molar-refractivity contribution in [2.24, 2.45) is 0 Å². The smallest absolute Gasteiger partial charge is 0.407 e. The van der Waals surface area contributed by atoms with Gasteiger partial charge in [-0.15, -0.1) is 0 Å². The van der Waals surface area contributed by atoms with Crippen LogP contribution in [0.3, 0.4) is 0 Å². The molecule has 0 saturated carbocycles. The summed E-state index contributed by atoms with van der Waals surface area (Å²) in [7, 11) is 0. The lowest BCUT2D eigenvalue weighted by Gasteiger charge is -2.20. The van der Waals surface area contributed by atoms with Gasteiger partial charge in [-0.1, -0.05) is 42.5 Å². The van der Waals surface area contributed by atoms with Gasteiger partial charge in [0.1, 0.15) is 5.60 Å². The number of anilines is 1. The Morgan fingerprint density at radius 1 is 1.08 bits per heavy atom. The van der Waals surface area contributed by atoms with E-state index in [0.29, 0.717) is 11.3 Å². The number of rotatable bonds is 6. The Kier molecular flexibility index (Phi) is 6.22. The van der Waals surface area contributed by atoms with E-state index < -0.39 is 23.7 Å². The molecule has 1 amide bonds. The molecule has 0 aliphatic carbocycles. The van der Waals surface area contributed by atoms with Crippen LogP contribution >= 0.6 is 0 Å². The molecular weight excluding hydrogens is 332 g/mol. The van der Waals surface area contributed by atoms with Crippen LogP contribution in [0.4, 0.5) is 10.5 Å². The fraction of sp³-hybridized carbons (Fsp3) is 0.300. The molecular formula is C20H24N2O4. The monoisotopic (exact) mass is 356 g/mol. The number of hydrogen-bond acceptors (Lipinski definition) is 4. The van der Waals surface area contributed by atoms with E-state index in [4.69, 9.17) is 4.74 Å². The first kappa shape index (κ1) is 19.3. The molecule has 0 heterocycles. The average Bonchev–Trinajstić information content (AvgIpc) is 2.57. The van der Waals surface area contributed by atoms with Crippen LogP contribution < -0.4 is 10.6 Å². The molecule has 0 fully saturated rings. The number of aliphatic carboxylic acids is 1. The second-order valence-electron chi connectivity index (χ2n) is 6.88. The molecule has 0 aliphatic rings. The van der Waals surface area contributed by atoms with Crippen LogP contribution in [-0.4, -0.2) is 22.8 Å². The summed E-state index contributed by atoms with van der Waals surface area (Å²) in [5.74, 6) is -0.964. The highest BCUT2D eigenvalue weighted by Gasteiger charge is 2.19. The zero-order chi connectivity index (χ0) is 19.2. The number of carboxylic acid groups (broad SMARTS) is 1. The molecule has 6 nitrogen and oxygen atoms in total. The molecule has 138 valence electrons. The summed E-state index contributed by atoms with van der Waals surface area (Å²) in [6, 6.07) is 15.4. The standard InChI is InChI=1S/C20H24N2O4/c1-20(2,3)26-19(25)21-13-14-8-7-11-16(12-14)22-17(18(23)24)15-9-5-4-6-10-15/h4-12,17,22H,13H2,1-3H3,(H,21,25)(H,23,24). The molecule has 0 aliphatic heterocycles. The number of carbonyl (C=O) groups excluding carboxylic acids is 1. The number of ether oxygens (including phenoxy) is 1. The molecule has 26 heavy (non-hydrogen) atoms. The quantitative estimate of drug-likeness (QED) is 0.729. The third kappa shape index (κ3) is 6.12. The van der Waals surface area contributed by atoms with Crippen LogP contribution in [0.2, 0.25) is 0 Å². The van der Waals surface area contributed by atoms with E-state index >= 15 is 0 Å². The summed E-state index contributed by atoms with van der Waals surface area (Å²) in [6.07, 6.45) is -0.497. The Morgan fingerprint density at radius 3 is 2.38 bits per heavy atom. The average molecular weight is 356 g/mol. The third-order valence-corrected chi connectivity index (χ3v) is 3.45. The Balaban J connectivity index is 2.04. The molecule has 6 heteroatoms. The lowest BCUT2D eigenvalue weighted by atomic mass is 10.1. The van der Waals surface area contributed by atoms with Gasteiger partial charge >= 0.3 is 12.1 Å². The highest BCUT2D eigenvalue weighted by molar-refractivity contribution is 5.79. The minimum Gasteiger partial charge on any atom is -0.479 e. The first-order valence-electron chi connectivity index (χ1n) is 8.35. The maximum absolute atomic E-state index is 11.7. The second kappa shape index (κ2) is 8.38. The van der Waals surface area contributed by atoms with E-state index in [1.54, 1.807) is 63.2 Å². The van der Waals surface area contributed by atoms with Crippen molar-refractivity contribution in [2.75, 3.05) is 5.32 Å². The van der Waals surface area contributed by atoms with E-state index in [1.807, 2.05) is 12.1 Å². The number of amides is 1. The topological polar surface area (TPSA) is 87.7 Å². The van der Waals surface area contributed by atoms with Gasteiger partial charge in [-0.05, 0) is 44.0 Å². The van der Waals surface area contributed by atoms with Crippen molar-refractivity contribution in [1.82, 2.24) is 5.32 Å². The summed E-state index contributed by atoms with van der Waals surface area (Å²) >= 11 is 0. The van der Waals surface area contributed by atoms with Crippen molar-refractivity contribution in [3.8, 4) is 0 Å². The highest BCUT2D eigenvalue weighted by atomic mass is 16.6. The van der Waals surface area contributed by atoms with E-state index in [-0.39, 0.29) is 6.54 Å². The molecule has 2 aromatic rings. The maximum Gasteiger partial charge on any atom is 0.407 e. The van der Waals surface area contributed by atoms with Crippen LogP contribution in [-0.2, 0) is 16.1 Å². The lowest BCUT2D eigenvalue weighted by molar-refractivity contribution is -0.138. The van der Waals surface area contributed by atoms with Gasteiger partial charge in [-0.25, -0.2) is 9.59 Å². The molecule has 1 unspecified atom stereocenters. The molecule has 0 spiro atoms. The number of carbonyl (C=O) groups is 2. The zero-order valence-electron chi connectivity index (χ0n) is 15.2. The van der Waals surface area contributed by atoms with Crippen LogP contribution in [0.15, 0.2) is 54.6 Å². The van der Waals surface area contributed by atoms with Gasteiger partial charge in [0.15, 0.2) is 6.04 Å². The Bertz CT molecular complexity index is 754. The van der Waals surface area contributed by atoms with Crippen LogP contribution in [0.5, 0.6) is 0 Å². The maximum atomic E-state index is 11.7. The van der Waals surface area contributed by atoms with Crippen molar-refractivity contribution in [2.45, 2.75) is 39.0 Å². The fourth-order valence-corrected chi connectivity index (χ4v) is 2.36. The number of nitrogens with one attached hydrogen (secondary N) is 2.